The van der Waals surface area contributed by atoms with Gasteiger partial charge in [0.1, 0.15) is 11.3 Å². The summed E-state index contributed by atoms with van der Waals surface area (Å²) in [7, 11) is 0. The van der Waals surface area contributed by atoms with E-state index in [0.29, 0.717) is 11.7 Å². The molecule has 20 heavy (non-hydrogen) atoms. The molecule has 1 N–H and O–H groups in total. The van der Waals surface area contributed by atoms with Crippen LogP contribution in [-0.2, 0) is 6.42 Å². The first kappa shape index (κ1) is 14.6. The zero-order valence-electron chi connectivity index (χ0n) is 12.2. The quantitative estimate of drug-likeness (QED) is 0.914. The molecule has 4 heteroatoms. The highest BCUT2D eigenvalue weighted by Crippen LogP contribution is 2.33. The summed E-state index contributed by atoms with van der Waals surface area (Å²) in [5.41, 5.74) is -0.720. The van der Waals surface area contributed by atoms with Gasteiger partial charge in [-0.3, -0.25) is 4.79 Å². The molecule has 1 aliphatic rings. The first-order valence-corrected chi connectivity index (χ1v) is 7.45. The van der Waals surface area contributed by atoms with E-state index in [9.17, 15) is 10.1 Å². The van der Waals surface area contributed by atoms with Crippen LogP contribution in [0.15, 0.2) is 16.5 Å². The molecule has 0 saturated heterocycles. The summed E-state index contributed by atoms with van der Waals surface area (Å²) in [5, 5.41) is 12.3. The van der Waals surface area contributed by atoms with Gasteiger partial charge in [-0.1, -0.05) is 20.3 Å². The van der Waals surface area contributed by atoms with Crippen molar-refractivity contribution in [2.24, 2.45) is 5.92 Å². The highest BCUT2D eigenvalue weighted by atomic mass is 16.3. The molecule has 0 bridgehead atoms. The second kappa shape index (κ2) is 6.13. The molecule has 0 radical (unpaired) electrons. The minimum atomic E-state index is -0.720. The normalized spacial score (nSPS) is 25.9. The van der Waals surface area contributed by atoms with Gasteiger partial charge in [-0.15, -0.1) is 0 Å². The van der Waals surface area contributed by atoms with Gasteiger partial charge in [-0.05, 0) is 43.7 Å². The van der Waals surface area contributed by atoms with Gasteiger partial charge < -0.3 is 9.73 Å². The lowest BCUT2D eigenvalue weighted by Gasteiger charge is -2.35. The summed E-state index contributed by atoms with van der Waals surface area (Å²) in [6.45, 7) is 4.15. The van der Waals surface area contributed by atoms with Crippen molar-refractivity contribution in [1.29, 1.82) is 5.26 Å². The summed E-state index contributed by atoms with van der Waals surface area (Å²) < 4.78 is 5.45. The average molecular weight is 274 g/mol. The number of nitrogens with zero attached hydrogens (tertiary/aromatic N) is 1. The molecule has 1 fully saturated rings. The number of nitriles is 1. The number of rotatable bonds is 4. The zero-order valence-corrected chi connectivity index (χ0v) is 12.2. The SMILES string of the molecule is CCc1ccc(C(=O)NC2(C#N)CCC(CC)CC2)o1. The molecule has 0 spiro atoms. The predicted molar refractivity (Wildman–Crippen MR) is 76.1 cm³/mol. The van der Waals surface area contributed by atoms with Crippen LogP contribution in [-0.4, -0.2) is 11.4 Å². The molecule has 0 aromatic carbocycles. The van der Waals surface area contributed by atoms with Crippen LogP contribution < -0.4 is 5.32 Å². The summed E-state index contributed by atoms with van der Waals surface area (Å²) >= 11 is 0. The third-order valence-electron chi connectivity index (χ3n) is 4.34. The van der Waals surface area contributed by atoms with Crippen molar-refractivity contribution < 1.29 is 9.21 Å². The van der Waals surface area contributed by atoms with Gasteiger partial charge in [-0.25, -0.2) is 0 Å². The highest BCUT2D eigenvalue weighted by molar-refractivity contribution is 5.92. The fourth-order valence-electron chi connectivity index (χ4n) is 2.81. The molecule has 0 aliphatic heterocycles. The van der Waals surface area contributed by atoms with Crippen molar-refractivity contribution >= 4 is 5.91 Å². The zero-order chi connectivity index (χ0) is 14.6. The number of furan rings is 1. The van der Waals surface area contributed by atoms with Gasteiger partial charge in [0.25, 0.3) is 5.91 Å². The van der Waals surface area contributed by atoms with Crippen molar-refractivity contribution in [2.75, 3.05) is 0 Å². The van der Waals surface area contributed by atoms with Crippen molar-refractivity contribution in [3.63, 3.8) is 0 Å². The van der Waals surface area contributed by atoms with Crippen LogP contribution in [0.25, 0.3) is 0 Å². The molecule has 1 aliphatic carbocycles. The lowest BCUT2D eigenvalue weighted by molar-refractivity contribution is 0.0861. The van der Waals surface area contributed by atoms with Gasteiger partial charge in [0.15, 0.2) is 5.76 Å². The minimum Gasteiger partial charge on any atom is -0.456 e. The van der Waals surface area contributed by atoms with E-state index in [-0.39, 0.29) is 5.91 Å². The monoisotopic (exact) mass is 274 g/mol. The van der Waals surface area contributed by atoms with Crippen LogP contribution in [0.4, 0.5) is 0 Å². The fourth-order valence-corrected chi connectivity index (χ4v) is 2.81. The maximum atomic E-state index is 12.2. The van der Waals surface area contributed by atoms with Crippen LogP contribution in [0.1, 0.15) is 62.3 Å². The summed E-state index contributed by atoms with van der Waals surface area (Å²) in [6.07, 6.45) is 5.37. The Balaban J connectivity index is 2.03. The molecular weight excluding hydrogens is 252 g/mol. The Morgan fingerprint density at radius 2 is 2.15 bits per heavy atom. The molecule has 108 valence electrons. The van der Waals surface area contributed by atoms with E-state index in [0.717, 1.165) is 44.3 Å². The fraction of sp³-hybridized carbons (Fsp3) is 0.625. The Bertz CT molecular complexity index is 505. The van der Waals surface area contributed by atoms with Gasteiger partial charge in [-0.2, -0.15) is 5.26 Å². The first-order valence-electron chi connectivity index (χ1n) is 7.45. The average Bonchev–Trinajstić information content (AvgIpc) is 2.97. The second-order valence-corrected chi connectivity index (χ2v) is 5.62. The molecule has 2 rings (SSSR count). The topological polar surface area (TPSA) is 66.0 Å². The van der Waals surface area contributed by atoms with Crippen LogP contribution in [0, 0.1) is 17.2 Å². The number of amides is 1. The van der Waals surface area contributed by atoms with Crippen LogP contribution in [0.5, 0.6) is 0 Å². The van der Waals surface area contributed by atoms with E-state index < -0.39 is 5.54 Å². The van der Waals surface area contributed by atoms with Crippen LogP contribution in [0.3, 0.4) is 0 Å². The molecule has 0 atom stereocenters. The van der Waals surface area contributed by atoms with Crippen LogP contribution in [0.2, 0.25) is 0 Å². The number of carbonyl (C=O) groups is 1. The van der Waals surface area contributed by atoms with E-state index >= 15 is 0 Å². The number of nitrogens with one attached hydrogen (secondary N) is 1. The molecule has 1 amide bonds. The van der Waals surface area contributed by atoms with E-state index in [1.54, 1.807) is 6.07 Å². The minimum absolute atomic E-state index is 0.277. The lowest BCUT2D eigenvalue weighted by Crippen LogP contribution is -2.49. The van der Waals surface area contributed by atoms with Gasteiger partial charge >= 0.3 is 0 Å². The van der Waals surface area contributed by atoms with Gasteiger partial charge in [0.2, 0.25) is 0 Å². The standard InChI is InChI=1S/C16H22N2O2/c1-3-12-7-9-16(11-17,10-8-12)18-15(19)14-6-5-13(4-2)20-14/h5-6,12H,3-4,7-10H2,1-2H3,(H,18,19). The molecule has 0 unspecified atom stereocenters. The number of hydrogen-bond donors (Lipinski definition) is 1. The Kier molecular flexibility index (Phi) is 4.49. The third kappa shape index (κ3) is 3.04. The van der Waals surface area contributed by atoms with E-state index in [2.05, 4.69) is 18.3 Å². The summed E-state index contributed by atoms with van der Waals surface area (Å²) in [4.78, 5) is 12.2. The molecule has 1 aromatic rings. The molecular formula is C16H22N2O2. The van der Waals surface area contributed by atoms with E-state index in [1.165, 1.54) is 0 Å². The summed E-state index contributed by atoms with van der Waals surface area (Å²) in [5.74, 6) is 1.50. The molecule has 1 heterocycles. The Labute approximate surface area is 120 Å². The maximum Gasteiger partial charge on any atom is 0.288 e. The van der Waals surface area contributed by atoms with Crippen molar-refractivity contribution in [3.05, 3.63) is 23.7 Å². The Morgan fingerprint density at radius 1 is 1.45 bits per heavy atom. The molecule has 1 saturated carbocycles. The number of hydrogen-bond acceptors (Lipinski definition) is 3. The van der Waals surface area contributed by atoms with E-state index in [4.69, 9.17) is 4.42 Å². The lowest BCUT2D eigenvalue weighted by atomic mass is 9.76. The predicted octanol–water partition coefficient (Wildman–Crippen LogP) is 3.43. The van der Waals surface area contributed by atoms with Crippen molar-refractivity contribution in [3.8, 4) is 6.07 Å². The van der Waals surface area contributed by atoms with Gasteiger partial charge in [0.05, 0.1) is 6.07 Å². The molecule has 4 nitrogen and oxygen atoms in total. The largest absolute Gasteiger partial charge is 0.456 e. The number of aryl methyl sites for hydroxylation is 1. The summed E-state index contributed by atoms with van der Waals surface area (Å²) in [6, 6.07) is 5.79. The Hall–Kier alpha value is -1.76. The second-order valence-electron chi connectivity index (χ2n) is 5.62. The maximum absolute atomic E-state index is 12.2. The van der Waals surface area contributed by atoms with Gasteiger partial charge in [0, 0.05) is 6.42 Å². The van der Waals surface area contributed by atoms with Crippen molar-refractivity contribution in [1.82, 2.24) is 5.32 Å². The van der Waals surface area contributed by atoms with Crippen LogP contribution >= 0.6 is 0 Å². The smallest absolute Gasteiger partial charge is 0.288 e. The third-order valence-corrected chi connectivity index (χ3v) is 4.34. The van der Waals surface area contributed by atoms with E-state index in [1.807, 2.05) is 13.0 Å². The number of carbonyl (C=O) groups excluding carboxylic acids is 1. The van der Waals surface area contributed by atoms with Crippen molar-refractivity contribution in [2.45, 2.75) is 57.9 Å². The highest BCUT2D eigenvalue weighted by Gasteiger charge is 2.37. The first-order chi connectivity index (χ1) is 9.62. The Morgan fingerprint density at radius 3 is 2.65 bits per heavy atom. The molecule has 1 aromatic heterocycles.